The van der Waals surface area contributed by atoms with Crippen molar-refractivity contribution in [2.45, 2.75) is 55.3 Å². The largest absolute Gasteiger partial charge is 0.392 e. The molecule has 3 N–H and O–H groups in total. The van der Waals surface area contributed by atoms with Gasteiger partial charge in [0.15, 0.2) is 0 Å². The summed E-state index contributed by atoms with van der Waals surface area (Å²) in [7, 11) is 0. The highest BCUT2D eigenvalue weighted by Crippen LogP contribution is 2.31. The first kappa shape index (κ1) is 15.8. The molecule has 3 rings (SSSR count). The number of thioether (sulfide) groups is 1. The first-order valence-electron chi connectivity index (χ1n) is 8.13. The fourth-order valence-corrected chi connectivity index (χ4v) is 4.43. The Morgan fingerprint density at radius 1 is 1.36 bits per heavy atom. The number of benzene rings is 1. The Kier molecular flexibility index (Phi) is 5.39. The third-order valence-electron chi connectivity index (χ3n) is 4.41. The van der Waals surface area contributed by atoms with Crippen molar-refractivity contribution in [1.29, 1.82) is 0 Å². The van der Waals surface area contributed by atoms with Crippen LogP contribution in [0.2, 0.25) is 0 Å². The van der Waals surface area contributed by atoms with E-state index in [-0.39, 0.29) is 11.9 Å². The molecule has 2 atom stereocenters. The number of aliphatic hydroxyl groups is 1. The summed E-state index contributed by atoms with van der Waals surface area (Å²) in [6.07, 6.45) is 5.50. The van der Waals surface area contributed by atoms with Gasteiger partial charge in [-0.3, -0.25) is 4.79 Å². The van der Waals surface area contributed by atoms with Crippen LogP contribution in [0, 0.1) is 0 Å². The number of carbonyl (C=O) groups excluding carboxylic acids is 1. The molecule has 5 heteroatoms. The van der Waals surface area contributed by atoms with Gasteiger partial charge >= 0.3 is 0 Å². The molecule has 1 saturated heterocycles. The van der Waals surface area contributed by atoms with E-state index < -0.39 is 6.10 Å². The van der Waals surface area contributed by atoms with Gasteiger partial charge in [-0.15, -0.1) is 0 Å². The van der Waals surface area contributed by atoms with Gasteiger partial charge in [0.25, 0.3) is 0 Å². The van der Waals surface area contributed by atoms with Crippen LogP contribution in [0.4, 0.5) is 5.69 Å². The minimum absolute atomic E-state index is 0.0582. The Hall–Kier alpha value is -1.04. The van der Waals surface area contributed by atoms with E-state index >= 15 is 0 Å². The minimum Gasteiger partial charge on any atom is -0.392 e. The Labute approximate surface area is 136 Å². The highest BCUT2D eigenvalue weighted by molar-refractivity contribution is 7.99. The number of nitrogens with one attached hydrogen (secondary N) is 2. The molecule has 2 unspecified atom stereocenters. The molecule has 0 spiro atoms. The number of amides is 1. The summed E-state index contributed by atoms with van der Waals surface area (Å²) in [6, 6.07) is 7.82. The van der Waals surface area contributed by atoms with Crippen molar-refractivity contribution in [2.75, 3.05) is 11.9 Å². The predicted octanol–water partition coefficient (Wildman–Crippen LogP) is 2.52. The van der Waals surface area contributed by atoms with Crippen LogP contribution in [-0.2, 0) is 10.5 Å². The molecule has 120 valence electrons. The first-order valence-corrected chi connectivity index (χ1v) is 9.18. The Bertz CT molecular complexity index is 517. The topological polar surface area (TPSA) is 61.4 Å². The Balaban J connectivity index is 1.53. The molecule has 1 aliphatic heterocycles. The average molecular weight is 320 g/mol. The van der Waals surface area contributed by atoms with E-state index in [1.54, 1.807) is 0 Å². The van der Waals surface area contributed by atoms with E-state index in [1.165, 1.54) is 31.2 Å². The molecule has 22 heavy (non-hydrogen) atoms. The molecule has 1 amide bonds. The normalized spacial score (nSPS) is 25.5. The van der Waals surface area contributed by atoms with E-state index in [0.717, 1.165) is 16.7 Å². The van der Waals surface area contributed by atoms with Crippen molar-refractivity contribution in [2.24, 2.45) is 0 Å². The first-order chi connectivity index (χ1) is 10.7. The third kappa shape index (κ3) is 4.24. The lowest BCUT2D eigenvalue weighted by Crippen LogP contribution is -2.35. The second-order valence-corrected chi connectivity index (χ2v) is 7.55. The molecule has 0 bridgehead atoms. The molecular weight excluding hydrogens is 296 g/mol. The number of anilines is 1. The molecule has 1 aromatic carbocycles. The molecule has 2 fully saturated rings. The second kappa shape index (κ2) is 7.49. The van der Waals surface area contributed by atoms with Gasteiger partial charge in [0, 0.05) is 23.2 Å². The van der Waals surface area contributed by atoms with Gasteiger partial charge < -0.3 is 15.7 Å². The maximum Gasteiger partial charge on any atom is 0.241 e. The molecule has 1 aromatic rings. The predicted molar refractivity (Wildman–Crippen MR) is 91.0 cm³/mol. The lowest BCUT2D eigenvalue weighted by atomic mass is 10.1. The van der Waals surface area contributed by atoms with Crippen LogP contribution in [0.1, 0.15) is 37.7 Å². The van der Waals surface area contributed by atoms with Crippen molar-refractivity contribution in [3.05, 3.63) is 29.8 Å². The zero-order chi connectivity index (χ0) is 15.4. The highest BCUT2D eigenvalue weighted by atomic mass is 32.2. The van der Waals surface area contributed by atoms with Crippen molar-refractivity contribution in [3.8, 4) is 0 Å². The lowest BCUT2D eigenvalue weighted by molar-refractivity contribution is -0.117. The Morgan fingerprint density at radius 2 is 2.18 bits per heavy atom. The molecule has 4 nitrogen and oxygen atoms in total. The van der Waals surface area contributed by atoms with Crippen LogP contribution in [-0.4, -0.2) is 35.0 Å². The van der Waals surface area contributed by atoms with E-state index in [0.29, 0.717) is 13.0 Å². The van der Waals surface area contributed by atoms with Gasteiger partial charge in [-0.05, 0) is 37.0 Å². The van der Waals surface area contributed by atoms with Crippen LogP contribution >= 0.6 is 11.8 Å². The van der Waals surface area contributed by atoms with Gasteiger partial charge in [0.1, 0.15) is 0 Å². The molecule has 0 aromatic heterocycles. The molecular formula is C17H24N2O2S. The summed E-state index contributed by atoms with van der Waals surface area (Å²) < 4.78 is 0. The van der Waals surface area contributed by atoms with E-state index in [4.69, 9.17) is 0 Å². The zero-order valence-electron chi connectivity index (χ0n) is 12.8. The summed E-state index contributed by atoms with van der Waals surface area (Å²) in [5.74, 6) is 0.951. The standard InChI is InChI=1S/C17H24N2O2S/c20-14-9-16(18-10-14)17(21)19-13-5-3-4-12(8-13)11-22-15-6-1-2-7-15/h3-5,8,14-16,18,20H,1-2,6-7,9-11H2,(H,19,21). The maximum atomic E-state index is 12.1. The molecule has 1 heterocycles. The zero-order valence-corrected chi connectivity index (χ0v) is 13.6. The Morgan fingerprint density at radius 3 is 2.91 bits per heavy atom. The molecule has 0 radical (unpaired) electrons. The fourth-order valence-electron chi connectivity index (χ4n) is 3.15. The van der Waals surface area contributed by atoms with Crippen LogP contribution in [0.5, 0.6) is 0 Å². The third-order valence-corrected chi connectivity index (χ3v) is 5.85. The fraction of sp³-hybridized carbons (Fsp3) is 0.588. The lowest BCUT2D eigenvalue weighted by Gasteiger charge is -2.13. The van der Waals surface area contributed by atoms with Crippen molar-refractivity contribution >= 4 is 23.4 Å². The number of aliphatic hydroxyl groups excluding tert-OH is 1. The van der Waals surface area contributed by atoms with E-state index in [9.17, 15) is 9.90 Å². The monoisotopic (exact) mass is 320 g/mol. The quantitative estimate of drug-likeness (QED) is 0.780. The molecule has 2 aliphatic rings. The summed E-state index contributed by atoms with van der Waals surface area (Å²) in [5.41, 5.74) is 2.10. The van der Waals surface area contributed by atoms with Gasteiger partial charge in [-0.25, -0.2) is 0 Å². The molecule has 1 saturated carbocycles. The number of rotatable bonds is 5. The summed E-state index contributed by atoms with van der Waals surface area (Å²) in [6.45, 7) is 0.496. The van der Waals surface area contributed by atoms with Crippen molar-refractivity contribution in [1.82, 2.24) is 5.32 Å². The van der Waals surface area contributed by atoms with E-state index in [2.05, 4.69) is 22.8 Å². The number of hydrogen-bond donors (Lipinski definition) is 3. The average Bonchev–Trinajstić information content (AvgIpc) is 3.17. The van der Waals surface area contributed by atoms with Crippen molar-refractivity contribution in [3.63, 3.8) is 0 Å². The van der Waals surface area contributed by atoms with Gasteiger partial charge in [-0.2, -0.15) is 11.8 Å². The van der Waals surface area contributed by atoms with Crippen LogP contribution in [0.25, 0.3) is 0 Å². The number of β-amino-alcohol motifs (C(OH)–C–C–N with tert-alkyl or cyclic N) is 1. The molecule has 1 aliphatic carbocycles. The maximum absolute atomic E-state index is 12.1. The SMILES string of the molecule is O=C(Nc1cccc(CSC2CCCC2)c1)C1CC(O)CN1. The summed E-state index contributed by atoms with van der Waals surface area (Å²) in [4.78, 5) is 12.1. The van der Waals surface area contributed by atoms with Crippen molar-refractivity contribution < 1.29 is 9.90 Å². The van der Waals surface area contributed by atoms with Gasteiger partial charge in [0.05, 0.1) is 12.1 Å². The van der Waals surface area contributed by atoms with Gasteiger partial charge in [0.2, 0.25) is 5.91 Å². The van der Waals surface area contributed by atoms with Crippen LogP contribution in [0.15, 0.2) is 24.3 Å². The number of hydrogen-bond acceptors (Lipinski definition) is 4. The van der Waals surface area contributed by atoms with Gasteiger partial charge in [-0.1, -0.05) is 25.0 Å². The summed E-state index contributed by atoms with van der Waals surface area (Å²) in [5, 5.41) is 16.3. The summed E-state index contributed by atoms with van der Waals surface area (Å²) >= 11 is 2.03. The van der Waals surface area contributed by atoms with Crippen LogP contribution in [0.3, 0.4) is 0 Å². The minimum atomic E-state index is -0.412. The highest BCUT2D eigenvalue weighted by Gasteiger charge is 2.27. The second-order valence-electron chi connectivity index (χ2n) is 6.26. The smallest absolute Gasteiger partial charge is 0.241 e. The van der Waals surface area contributed by atoms with Crippen LogP contribution < -0.4 is 10.6 Å². The number of carbonyl (C=O) groups is 1. The van der Waals surface area contributed by atoms with E-state index in [1.807, 2.05) is 23.9 Å².